The van der Waals surface area contributed by atoms with Gasteiger partial charge >= 0.3 is 6.18 Å². The molecule has 1 aromatic heterocycles. The molecule has 136 valence electrons. The number of benzene rings is 1. The molecule has 8 heteroatoms. The van der Waals surface area contributed by atoms with Crippen molar-refractivity contribution in [2.45, 2.75) is 46.3 Å². The Bertz CT molecular complexity index is 872. The second kappa shape index (κ2) is 6.85. The summed E-state index contributed by atoms with van der Waals surface area (Å²) in [5.41, 5.74) is -1.05. The van der Waals surface area contributed by atoms with Gasteiger partial charge in [0, 0.05) is 6.54 Å². The molecular weight excluding hydrogens is 335 g/mol. The lowest BCUT2D eigenvalue weighted by molar-refractivity contribution is -0.142. The summed E-state index contributed by atoms with van der Waals surface area (Å²) in [5.74, 6) is -0.511. The van der Waals surface area contributed by atoms with Gasteiger partial charge in [-0.3, -0.25) is 14.2 Å². The molecule has 1 aromatic carbocycles. The number of aromatic nitrogens is 2. The quantitative estimate of drug-likeness (QED) is 0.917. The van der Waals surface area contributed by atoms with Gasteiger partial charge in [0.05, 0.1) is 11.0 Å². The van der Waals surface area contributed by atoms with Crippen LogP contribution in [0.15, 0.2) is 16.9 Å². The second-order valence-electron chi connectivity index (χ2n) is 6.03. The van der Waals surface area contributed by atoms with Crippen molar-refractivity contribution in [1.29, 1.82) is 0 Å². The minimum absolute atomic E-state index is 0.0326. The van der Waals surface area contributed by atoms with Gasteiger partial charge in [-0.05, 0) is 50.5 Å². The van der Waals surface area contributed by atoms with E-state index in [2.05, 4.69) is 10.3 Å². The average Bonchev–Trinajstić information content (AvgIpc) is 2.52. The summed E-state index contributed by atoms with van der Waals surface area (Å²) < 4.78 is 40.6. The van der Waals surface area contributed by atoms with Crippen LogP contribution in [0, 0.1) is 13.8 Å². The lowest BCUT2D eigenvalue weighted by Crippen LogP contribution is -2.39. The number of hydrogen-bond donors (Lipinski definition) is 1. The average molecular weight is 355 g/mol. The molecule has 0 radical (unpaired) electrons. The van der Waals surface area contributed by atoms with Crippen molar-refractivity contribution in [3.8, 4) is 0 Å². The summed E-state index contributed by atoms with van der Waals surface area (Å²) in [5, 5.41) is 2.61. The van der Waals surface area contributed by atoms with Crippen LogP contribution in [0.1, 0.15) is 43.1 Å². The number of nitrogens with zero attached hydrogens (tertiary/aromatic N) is 2. The molecule has 1 amide bonds. The van der Waals surface area contributed by atoms with E-state index in [-0.39, 0.29) is 11.0 Å². The number of fused-ring (bicyclic) bond motifs is 1. The van der Waals surface area contributed by atoms with Crippen LogP contribution in [-0.4, -0.2) is 22.0 Å². The molecule has 25 heavy (non-hydrogen) atoms. The maximum atomic E-state index is 13.2. The largest absolute Gasteiger partial charge is 0.438 e. The SMILES string of the molecule is CCCNC(=O)C(C)n1c(=O)c(C(F)(F)F)nc2cc(C)c(C)cc21. The Morgan fingerprint density at radius 1 is 1.28 bits per heavy atom. The van der Waals surface area contributed by atoms with Crippen molar-refractivity contribution < 1.29 is 18.0 Å². The van der Waals surface area contributed by atoms with Crippen LogP contribution >= 0.6 is 0 Å². The molecule has 2 aromatic rings. The summed E-state index contributed by atoms with van der Waals surface area (Å²) in [6, 6.07) is 1.99. The van der Waals surface area contributed by atoms with E-state index < -0.39 is 29.4 Å². The first-order valence-electron chi connectivity index (χ1n) is 7.96. The Labute approximate surface area is 142 Å². The first-order valence-corrected chi connectivity index (χ1v) is 7.96. The van der Waals surface area contributed by atoms with Gasteiger partial charge in [-0.1, -0.05) is 6.92 Å². The van der Waals surface area contributed by atoms with Crippen LogP contribution in [-0.2, 0) is 11.0 Å². The third-order valence-corrected chi connectivity index (χ3v) is 4.09. The fraction of sp³-hybridized carbons (Fsp3) is 0.471. The van der Waals surface area contributed by atoms with E-state index in [0.29, 0.717) is 13.0 Å². The number of hydrogen-bond acceptors (Lipinski definition) is 3. The molecule has 0 fully saturated rings. The van der Waals surface area contributed by atoms with Gasteiger partial charge in [0.25, 0.3) is 5.56 Å². The first kappa shape index (κ1) is 19.0. The number of amides is 1. The Kier molecular flexibility index (Phi) is 5.20. The van der Waals surface area contributed by atoms with Gasteiger partial charge in [0.1, 0.15) is 6.04 Å². The van der Waals surface area contributed by atoms with E-state index in [1.54, 1.807) is 19.9 Å². The second-order valence-corrected chi connectivity index (χ2v) is 6.03. The zero-order chi connectivity index (χ0) is 18.9. The molecule has 0 aliphatic carbocycles. The molecule has 0 spiro atoms. The smallest absolute Gasteiger partial charge is 0.354 e. The van der Waals surface area contributed by atoms with Gasteiger partial charge in [0.15, 0.2) is 0 Å². The molecule has 1 unspecified atom stereocenters. The highest BCUT2D eigenvalue weighted by Crippen LogP contribution is 2.28. The Morgan fingerprint density at radius 3 is 2.44 bits per heavy atom. The summed E-state index contributed by atoms with van der Waals surface area (Å²) in [4.78, 5) is 28.2. The molecule has 0 aliphatic heterocycles. The number of halogens is 3. The van der Waals surface area contributed by atoms with Crippen molar-refractivity contribution in [3.05, 3.63) is 39.3 Å². The van der Waals surface area contributed by atoms with Crippen molar-refractivity contribution in [1.82, 2.24) is 14.9 Å². The molecule has 0 saturated carbocycles. The van der Waals surface area contributed by atoms with E-state index in [0.717, 1.165) is 15.7 Å². The standard InChI is InChI=1S/C17H20F3N3O2/c1-5-6-21-15(24)11(4)23-13-8-10(3)9(2)7-12(13)22-14(16(23)25)17(18,19)20/h7-8,11H,5-6H2,1-4H3,(H,21,24). The predicted octanol–water partition coefficient (Wildman–Crippen LogP) is 3.12. The van der Waals surface area contributed by atoms with E-state index >= 15 is 0 Å². The van der Waals surface area contributed by atoms with Crippen LogP contribution in [0.4, 0.5) is 13.2 Å². The first-order chi connectivity index (χ1) is 11.6. The van der Waals surface area contributed by atoms with E-state index in [1.807, 2.05) is 6.92 Å². The van der Waals surface area contributed by atoms with Crippen LogP contribution < -0.4 is 10.9 Å². The van der Waals surface area contributed by atoms with Gasteiger partial charge in [-0.2, -0.15) is 13.2 Å². The Balaban J connectivity index is 2.79. The monoisotopic (exact) mass is 355 g/mol. The lowest BCUT2D eigenvalue weighted by Gasteiger charge is -2.20. The summed E-state index contributed by atoms with van der Waals surface area (Å²) in [6.45, 7) is 7.17. The Morgan fingerprint density at radius 2 is 1.88 bits per heavy atom. The topological polar surface area (TPSA) is 64.0 Å². The Hall–Kier alpha value is -2.38. The highest BCUT2D eigenvalue weighted by Gasteiger charge is 2.38. The summed E-state index contributed by atoms with van der Waals surface area (Å²) in [6.07, 6.45) is -4.22. The number of rotatable bonds is 4. The van der Waals surface area contributed by atoms with Crippen LogP contribution in [0.3, 0.4) is 0 Å². The van der Waals surface area contributed by atoms with Crippen molar-refractivity contribution in [2.24, 2.45) is 0 Å². The van der Waals surface area contributed by atoms with Gasteiger partial charge in [-0.15, -0.1) is 0 Å². The van der Waals surface area contributed by atoms with Crippen LogP contribution in [0.5, 0.6) is 0 Å². The van der Waals surface area contributed by atoms with Gasteiger partial charge in [0.2, 0.25) is 11.6 Å². The zero-order valence-electron chi connectivity index (χ0n) is 14.5. The highest BCUT2D eigenvalue weighted by molar-refractivity contribution is 5.84. The highest BCUT2D eigenvalue weighted by atomic mass is 19.4. The van der Waals surface area contributed by atoms with Crippen LogP contribution in [0.25, 0.3) is 11.0 Å². The maximum Gasteiger partial charge on any atom is 0.438 e. The lowest BCUT2D eigenvalue weighted by atomic mass is 10.1. The molecule has 0 bridgehead atoms. The predicted molar refractivity (Wildman–Crippen MR) is 88.5 cm³/mol. The van der Waals surface area contributed by atoms with Crippen molar-refractivity contribution in [2.75, 3.05) is 6.54 Å². The maximum absolute atomic E-state index is 13.2. The summed E-state index contributed by atoms with van der Waals surface area (Å²) >= 11 is 0. The molecule has 5 nitrogen and oxygen atoms in total. The van der Waals surface area contributed by atoms with E-state index in [1.165, 1.54) is 13.0 Å². The zero-order valence-corrected chi connectivity index (χ0v) is 14.5. The molecule has 1 atom stereocenters. The molecule has 1 N–H and O–H groups in total. The van der Waals surface area contributed by atoms with Crippen molar-refractivity contribution >= 4 is 16.9 Å². The minimum atomic E-state index is -4.90. The van der Waals surface area contributed by atoms with Crippen LogP contribution in [0.2, 0.25) is 0 Å². The molecule has 1 heterocycles. The fourth-order valence-corrected chi connectivity index (χ4v) is 2.54. The molecule has 0 saturated heterocycles. The number of carbonyl (C=O) groups excluding carboxylic acids is 1. The summed E-state index contributed by atoms with van der Waals surface area (Å²) in [7, 11) is 0. The number of alkyl halides is 3. The van der Waals surface area contributed by atoms with E-state index in [4.69, 9.17) is 0 Å². The number of carbonyl (C=O) groups is 1. The number of nitrogens with one attached hydrogen (secondary N) is 1. The third kappa shape index (κ3) is 3.67. The number of aryl methyl sites for hydroxylation is 2. The van der Waals surface area contributed by atoms with E-state index in [9.17, 15) is 22.8 Å². The molecule has 2 rings (SSSR count). The normalized spacial score (nSPS) is 13.1. The van der Waals surface area contributed by atoms with Gasteiger partial charge in [-0.25, -0.2) is 4.98 Å². The molecular formula is C17H20F3N3O2. The van der Waals surface area contributed by atoms with Gasteiger partial charge < -0.3 is 5.32 Å². The third-order valence-electron chi connectivity index (χ3n) is 4.09. The minimum Gasteiger partial charge on any atom is -0.354 e. The van der Waals surface area contributed by atoms with Crippen molar-refractivity contribution in [3.63, 3.8) is 0 Å². The fourth-order valence-electron chi connectivity index (χ4n) is 2.54. The molecule has 0 aliphatic rings.